The van der Waals surface area contributed by atoms with Crippen molar-refractivity contribution in [2.45, 2.75) is 20.8 Å². The first-order valence-corrected chi connectivity index (χ1v) is 7.70. The number of hydrazone groups is 1. The van der Waals surface area contributed by atoms with E-state index in [1.807, 2.05) is 0 Å². The summed E-state index contributed by atoms with van der Waals surface area (Å²) in [6.07, 6.45) is 0. The fraction of sp³-hybridized carbons (Fsp3) is 0.471. The van der Waals surface area contributed by atoms with Crippen LogP contribution in [-0.4, -0.2) is 45.5 Å². The summed E-state index contributed by atoms with van der Waals surface area (Å²) in [6, 6.07) is 3.02. The maximum atomic E-state index is 12.3. The van der Waals surface area contributed by atoms with Gasteiger partial charge in [-0.1, -0.05) is 0 Å². The number of benzene rings is 1. The Hall–Kier alpha value is -2.77. The van der Waals surface area contributed by atoms with Crippen LogP contribution in [0.1, 0.15) is 31.1 Å². The fourth-order valence-electron chi connectivity index (χ4n) is 1.95. The molecule has 0 radical (unpaired) electrons. The molecule has 1 amide bonds. The Morgan fingerprint density at radius 3 is 2.12 bits per heavy atom. The van der Waals surface area contributed by atoms with Gasteiger partial charge in [0.2, 0.25) is 5.75 Å². The zero-order valence-corrected chi connectivity index (χ0v) is 15.3. The van der Waals surface area contributed by atoms with Gasteiger partial charge in [0, 0.05) is 11.3 Å². The van der Waals surface area contributed by atoms with E-state index in [4.69, 9.17) is 18.9 Å². The molecule has 138 valence electrons. The summed E-state index contributed by atoms with van der Waals surface area (Å²) >= 11 is 0. The molecule has 1 N–H and O–H groups in total. The quantitative estimate of drug-likeness (QED) is 0.437. The van der Waals surface area contributed by atoms with Crippen LogP contribution in [0.15, 0.2) is 17.2 Å². The lowest BCUT2D eigenvalue weighted by Crippen LogP contribution is -2.26. The van der Waals surface area contributed by atoms with Crippen molar-refractivity contribution in [3.63, 3.8) is 0 Å². The van der Waals surface area contributed by atoms with Crippen LogP contribution < -0.4 is 19.6 Å². The zero-order chi connectivity index (χ0) is 19.0. The van der Waals surface area contributed by atoms with Crippen LogP contribution >= 0.6 is 0 Å². The lowest BCUT2D eigenvalue weighted by molar-refractivity contribution is -0.145. The first-order chi connectivity index (χ1) is 11.9. The molecule has 0 fully saturated rings. The molecule has 0 aromatic heterocycles. The van der Waals surface area contributed by atoms with Gasteiger partial charge in [0.15, 0.2) is 11.5 Å². The Balaban J connectivity index is 2.97. The van der Waals surface area contributed by atoms with E-state index in [1.54, 1.807) is 20.8 Å². The topological polar surface area (TPSA) is 95.5 Å². The molecule has 1 aromatic carbocycles. The Bertz CT molecular complexity index is 632. The van der Waals surface area contributed by atoms with Crippen molar-refractivity contribution >= 4 is 17.6 Å². The molecule has 8 nitrogen and oxygen atoms in total. The molecule has 0 aliphatic heterocycles. The second-order valence-corrected chi connectivity index (χ2v) is 5.08. The molecule has 0 saturated heterocycles. The molecule has 0 saturated carbocycles. The van der Waals surface area contributed by atoms with Gasteiger partial charge in [-0.25, -0.2) is 5.43 Å². The molecule has 25 heavy (non-hydrogen) atoms. The highest BCUT2D eigenvalue weighted by atomic mass is 16.5. The molecule has 8 heteroatoms. The Kier molecular flexibility index (Phi) is 7.71. The third-order valence-corrected chi connectivity index (χ3v) is 3.53. The number of nitrogens with zero attached hydrogens (tertiary/aromatic N) is 1. The summed E-state index contributed by atoms with van der Waals surface area (Å²) in [7, 11) is 4.40. The van der Waals surface area contributed by atoms with Crippen LogP contribution in [0.5, 0.6) is 17.2 Å². The molecule has 0 spiro atoms. The van der Waals surface area contributed by atoms with Gasteiger partial charge in [0.05, 0.1) is 33.9 Å². The number of carbonyl (C=O) groups excluding carboxylic acids is 2. The number of rotatable bonds is 8. The van der Waals surface area contributed by atoms with Gasteiger partial charge in [0.25, 0.3) is 5.91 Å². The van der Waals surface area contributed by atoms with Crippen LogP contribution in [0.4, 0.5) is 0 Å². The lowest BCUT2D eigenvalue weighted by atomic mass is 10.1. The minimum absolute atomic E-state index is 0.273. The molecule has 1 rings (SSSR count). The predicted molar refractivity (Wildman–Crippen MR) is 92.5 cm³/mol. The van der Waals surface area contributed by atoms with Crippen LogP contribution in [0.2, 0.25) is 0 Å². The van der Waals surface area contributed by atoms with Crippen LogP contribution in [0, 0.1) is 5.92 Å². The van der Waals surface area contributed by atoms with E-state index in [0.29, 0.717) is 23.0 Å². The van der Waals surface area contributed by atoms with E-state index >= 15 is 0 Å². The van der Waals surface area contributed by atoms with E-state index in [2.05, 4.69) is 10.5 Å². The van der Waals surface area contributed by atoms with Gasteiger partial charge in [-0.3, -0.25) is 9.59 Å². The molecular weight excluding hydrogens is 328 g/mol. The van der Waals surface area contributed by atoms with Crippen LogP contribution in [-0.2, 0) is 9.53 Å². The number of ether oxygens (including phenoxy) is 4. The molecule has 0 aliphatic carbocycles. The van der Waals surface area contributed by atoms with Crippen molar-refractivity contribution in [3.8, 4) is 17.2 Å². The molecule has 1 unspecified atom stereocenters. The van der Waals surface area contributed by atoms with Gasteiger partial charge >= 0.3 is 5.97 Å². The number of esters is 1. The summed E-state index contributed by atoms with van der Waals surface area (Å²) in [5, 5.41) is 3.96. The number of hydrogen-bond donors (Lipinski definition) is 1. The first-order valence-electron chi connectivity index (χ1n) is 7.70. The Morgan fingerprint density at radius 1 is 1.12 bits per heavy atom. The molecule has 0 aliphatic rings. The lowest BCUT2D eigenvalue weighted by Gasteiger charge is -2.14. The zero-order valence-electron chi connectivity index (χ0n) is 15.3. The normalized spacial score (nSPS) is 12.2. The van der Waals surface area contributed by atoms with Crippen LogP contribution in [0.3, 0.4) is 0 Å². The van der Waals surface area contributed by atoms with Crippen molar-refractivity contribution < 1.29 is 28.5 Å². The standard InChI is InChI=1S/C17H24N2O6/c1-7-25-17(21)10(2)11(3)18-19-16(20)12-8-13(22-4)15(24-6)14(9-12)23-5/h8-10H,7H2,1-6H3,(H,19,20)/b18-11+. The van der Waals surface area contributed by atoms with Crippen molar-refractivity contribution in [2.24, 2.45) is 11.0 Å². The maximum Gasteiger partial charge on any atom is 0.314 e. The fourth-order valence-corrected chi connectivity index (χ4v) is 1.95. The van der Waals surface area contributed by atoms with E-state index in [9.17, 15) is 9.59 Å². The van der Waals surface area contributed by atoms with Gasteiger partial charge in [0.1, 0.15) is 0 Å². The monoisotopic (exact) mass is 352 g/mol. The largest absolute Gasteiger partial charge is 0.493 e. The number of hydrogen-bond acceptors (Lipinski definition) is 7. The maximum absolute atomic E-state index is 12.3. The molecule has 0 heterocycles. The molecule has 1 atom stereocenters. The number of amides is 1. The minimum Gasteiger partial charge on any atom is -0.493 e. The third kappa shape index (κ3) is 5.10. The smallest absolute Gasteiger partial charge is 0.314 e. The second kappa shape index (κ2) is 9.51. The van der Waals surface area contributed by atoms with Crippen molar-refractivity contribution in [2.75, 3.05) is 27.9 Å². The number of nitrogens with one attached hydrogen (secondary N) is 1. The summed E-state index contributed by atoms with van der Waals surface area (Å²) in [4.78, 5) is 24.0. The summed E-state index contributed by atoms with van der Waals surface area (Å²) in [5.41, 5.74) is 3.11. The van der Waals surface area contributed by atoms with Gasteiger partial charge in [-0.2, -0.15) is 5.10 Å². The van der Waals surface area contributed by atoms with E-state index in [1.165, 1.54) is 33.5 Å². The highest BCUT2D eigenvalue weighted by Crippen LogP contribution is 2.38. The summed E-state index contributed by atoms with van der Waals surface area (Å²) < 4.78 is 20.6. The van der Waals surface area contributed by atoms with Gasteiger partial charge in [-0.15, -0.1) is 0 Å². The van der Waals surface area contributed by atoms with Gasteiger partial charge in [-0.05, 0) is 32.9 Å². The molecular formula is C17H24N2O6. The van der Waals surface area contributed by atoms with Gasteiger partial charge < -0.3 is 18.9 Å². The Labute approximate surface area is 147 Å². The number of carbonyl (C=O) groups is 2. The average molecular weight is 352 g/mol. The van der Waals surface area contributed by atoms with Crippen molar-refractivity contribution in [1.82, 2.24) is 5.43 Å². The average Bonchev–Trinajstić information content (AvgIpc) is 2.63. The molecule has 1 aromatic rings. The summed E-state index contributed by atoms with van der Waals surface area (Å²) in [5.74, 6) is -0.335. The van der Waals surface area contributed by atoms with Crippen molar-refractivity contribution in [3.05, 3.63) is 17.7 Å². The van der Waals surface area contributed by atoms with Crippen LogP contribution in [0.25, 0.3) is 0 Å². The highest BCUT2D eigenvalue weighted by Gasteiger charge is 2.19. The summed E-state index contributed by atoms with van der Waals surface area (Å²) in [6.45, 7) is 5.30. The van der Waals surface area contributed by atoms with E-state index < -0.39 is 17.8 Å². The van der Waals surface area contributed by atoms with Crippen molar-refractivity contribution in [1.29, 1.82) is 0 Å². The minimum atomic E-state index is -0.555. The third-order valence-electron chi connectivity index (χ3n) is 3.53. The van der Waals surface area contributed by atoms with E-state index in [-0.39, 0.29) is 12.2 Å². The number of methoxy groups -OCH3 is 3. The van der Waals surface area contributed by atoms with E-state index in [0.717, 1.165) is 0 Å². The first kappa shape index (κ1) is 20.3. The molecule has 0 bridgehead atoms. The highest BCUT2D eigenvalue weighted by molar-refractivity contribution is 6.02. The SMILES string of the molecule is CCOC(=O)C(C)/C(C)=N/NC(=O)c1cc(OC)c(OC)c(OC)c1. The second-order valence-electron chi connectivity index (χ2n) is 5.08. The predicted octanol–water partition coefficient (Wildman–Crippen LogP) is 2.02. The Morgan fingerprint density at radius 2 is 1.68 bits per heavy atom.